The van der Waals surface area contributed by atoms with Gasteiger partial charge in [-0.25, -0.2) is 0 Å². The van der Waals surface area contributed by atoms with E-state index in [4.69, 9.17) is 9.47 Å². The summed E-state index contributed by atoms with van der Waals surface area (Å²) in [6.45, 7) is 5.13. The number of carbonyl (C=O) groups is 1. The van der Waals surface area contributed by atoms with E-state index in [1.807, 2.05) is 43.0 Å². The van der Waals surface area contributed by atoms with Gasteiger partial charge in [-0.1, -0.05) is 19.1 Å². The van der Waals surface area contributed by atoms with Crippen LogP contribution in [0.3, 0.4) is 0 Å². The fraction of sp³-hybridized carbons (Fsp3) is 0.533. The van der Waals surface area contributed by atoms with Gasteiger partial charge >= 0.3 is 0 Å². The van der Waals surface area contributed by atoms with E-state index < -0.39 is 0 Å². The topological polar surface area (TPSA) is 38.8 Å². The van der Waals surface area contributed by atoms with Gasteiger partial charge in [0.25, 0.3) is 0 Å². The highest BCUT2D eigenvalue weighted by Gasteiger charge is 2.29. The van der Waals surface area contributed by atoms with E-state index in [0.29, 0.717) is 19.6 Å². The SMILES string of the molecule is CCC(=O)N1CC(c2ccc(OC)cc2)OCC1C. The molecule has 0 radical (unpaired) electrons. The highest BCUT2D eigenvalue weighted by Crippen LogP contribution is 2.26. The Morgan fingerprint density at radius 2 is 2.11 bits per heavy atom. The lowest BCUT2D eigenvalue weighted by Crippen LogP contribution is -2.48. The second-order valence-electron chi connectivity index (χ2n) is 4.84. The average Bonchev–Trinajstić information content (AvgIpc) is 2.47. The maximum atomic E-state index is 11.9. The fourth-order valence-corrected chi connectivity index (χ4v) is 2.33. The predicted octanol–water partition coefficient (Wildman–Crippen LogP) is 2.39. The molecule has 1 aromatic carbocycles. The molecule has 1 aliphatic rings. The van der Waals surface area contributed by atoms with E-state index in [1.165, 1.54) is 0 Å². The molecular formula is C15H21NO3. The number of ether oxygens (including phenoxy) is 2. The van der Waals surface area contributed by atoms with E-state index in [2.05, 4.69) is 0 Å². The quantitative estimate of drug-likeness (QED) is 0.840. The molecule has 1 saturated heterocycles. The first-order chi connectivity index (χ1) is 9.15. The van der Waals surface area contributed by atoms with Crippen LogP contribution in [0.5, 0.6) is 5.75 Å². The fourth-order valence-electron chi connectivity index (χ4n) is 2.33. The third kappa shape index (κ3) is 3.07. The third-order valence-electron chi connectivity index (χ3n) is 3.54. The number of rotatable bonds is 3. The van der Waals surface area contributed by atoms with Crippen LogP contribution in [0.1, 0.15) is 31.9 Å². The zero-order valence-corrected chi connectivity index (χ0v) is 11.8. The van der Waals surface area contributed by atoms with E-state index >= 15 is 0 Å². The molecular weight excluding hydrogens is 242 g/mol. The van der Waals surface area contributed by atoms with Gasteiger partial charge in [0, 0.05) is 6.42 Å². The lowest BCUT2D eigenvalue weighted by Gasteiger charge is -2.38. The number of benzene rings is 1. The van der Waals surface area contributed by atoms with Gasteiger partial charge in [0.05, 0.1) is 26.3 Å². The van der Waals surface area contributed by atoms with Crippen molar-refractivity contribution in [3.63, 3.8) is 0 Å². The Kier molecular flexibility index (Phi) is 4.43. The zero-order chi connectivity index (χ0) is 13.8. The van der Waals surface area contributed by atoms with Gasteiger partial charge in [0.1, 0.15) is 11.9 Å². The molecule has 0 saturated carbocycles. The molecule has 4 nitrogen and oxygen atoms in total. The number of methoxy groups -OCH3 is 1. The first kappa shape index (κ1) is 13.9. The molecule has 1 heterocycles. The molecule has 1 fully saturated rings. The molecule has 1 amide bonds. The Bertz CT molecular complexity index is 430. The molecule has 0 aliphatic carbocycles. The molecule has 0 N–H and O–H groups in total. The van der Waals surface area contributed by atoms with Crippen molar-refractivity contribution in [1.29, 1.82) is 0 Å². The van der Waals surface area contributed by atoms with E-state index in [0.717, 1.165) is 11.3 Å². The highest BCUT2D eigenvalue weighted by molar-refractivity contribution is 5.76. The second kappa shape index (κ2) is 6.06. The van der Waals surface area contributed by atoms with Crippen LogP contribution in [0.2, 0.25) is 0 Å². The van der Waals surface area contributed by atoms with Crippen molar-refractivity contribution in [2.24, 2.45) is 0 Å². The molecule has 104 valence electrons. The largest absolute Gasteiger partial charge is 0.497 e. The molecule has 1 aromatic rings. The number of hydrogen-bond donors (Lipinski definition) is 0. The van der Waals surface area contributed by atoms with Crippen molar-refractivity contribution in [2.75, 3.05) is 20.3 Å². The average molecular weight is 263 g/mol. The summed E-state index contributed by atoms with van der Waals surface area (Å²) in [6.07, 6.45) is 0.497. The van der Waals surface area contributed by atoms with Crippen molar-refractivity contribution in [3.8, 4) is 5.75 Å². The lowest BCUT2D eigenvalue weighted by atomic mass is 10.1. The Morgan fingerprint density at radius 1 is 1.42 bits per heavy atom. The summed E-state index contributed by atoms with van der Waals surface area (Å²) in [5, 5.41) is 0. The summed E-state index contributed by atoms with van der Waals surface area (Å²) >= 11 is 0. The van der Waals surface area contributed by atoms with Gasteiger partial charge in [0.15, 0.2) is 0 Å². The van der Waals surface area contributed by atoms with E-state index in [-0.39, 0.29) is 18.1 Å². The van der Waals surface area contributed by atoms with Crippen LogP contribution >= 0.6 is 0 Å². The summed E-state index contributed by atoms with van der Waals surface area (Å²) in [5.41, 5.74) is 1.08. The third-order valence-corrected chi connectivity index (χ3v) is 3.54. The minimum Gasteiger partial charge on any atom is -0.497 e. The van der Waals surface area contributed by atoms with Crippen LogP contribution in [0.25, 0.3) is 0 Å². The molecule has 2 rings (SSSR count). The monoisotopic (exact) mass is 263 g/mol. The van der Waals surface area contributed by atoms with Gasteiger partial charge in [0.2, 0.25) is 5.91 Å². The van der Waals surface area contributed by atoms with Crippen LogP contribution in [0, 0.1) is 0 Å². The van der Waals surface area contributed by atoms with Gasteiger partial charge < -0.3 is 14.4 Å². The summed E-state index contributed by atoms with van der Waals surface area (Å²) < 4.78 is 11.0. The second-order valence-corrected chi connectivity index (χ2v) is 4.84. The van der Waals surface area contributed by atoms with Crippen molar-refractivity contribution in [3.05, 3.63) is 29.8 Å². The Balaban J connectivity index is 2.10. The minimum absolute atomic E-state index is 0.0439. The van der Waals surface area contributed by atoms with Crippen LogP contribution in [0.15, 0.2) is 24.3 Å². The van der Waals surface area contributed by atoms with Crippen LogP contribution in [-0.2, 0) is 9.53 Å². The van der Waals surface area contributed by atoms with Gasteiger partial charge in [-0.2, -0.15) is 0 Å². The van der Waals surface area contributed by atoms with Crippen LogP contribution in [-0.4, -0.2) is 37.1 Å². The summed E-state index contributed by atoms with van der Waals surface area (Å²) in [6, 6.07) is 7.98. The van der Waals surface area contributed by atoms with Crippen LogP contribution in [0.4, 0.5) is 0 Å². The predicted molar refractivity (Wildman–Crippen MR) is 73.2 cm³/mol. The number of amides is 1. The highest BCUT2D eigenvalue weighted by atomic mass is 16.5. The molecule has 2 atom stereocenters. The molecule has 2 unspecified atom stereocenters. The Hall–Kier alpha value is -1.55. The number of morpholine rings is 1. The normalized spacial score (nSPS) is 23.2. The van der Waals surface area contributed by atoms with E-state index in [1.54, 1.807) is 7.11 Å². The maximum Gasteiger partial charge on any atom is 0.222 e. The number of nitrogens with zero attached hydrogens (tertiary/aromatic N) is 1. The smallest absolute Gasteiger partial charge is 0.222 e. The Morgan fingerprint density at radius 3 is 2.68 bits per heavy atom. The van der Waals surface area contributed by atoms with Crippen molar-refractivity contribution >= 4 is 5.91 Å². The van der Waals surface area contributed by atoms with E-state index in [9.17, 15) is 4.79 Å². The standard InChI is InChI=1S/C15H21NO3/c1-4-15(17)16-9-14(19-10-11(16)2)12-5-7-13(18-3)8-6-12/h5-8,11,14H,4,9-10H2,1-3H3. The molecule has 4 heteroatoms. The maximum absolute atomic E-state index is 11.9. The molecule has 1 aliphatic heterocycles. The molecule has 19 heavy (non-hydrogen) atoms. The first-order valence-corrected chi connectivity index (χ1v) is 6.70. The van der Waals surface area contributed by atoms with Gasteiger partial charge in [-0.3, -0.25) is 4.79 Å². The molecule has 0 spiro atoms. The van der Waals surface area contributed by atoms with Crippen LogP contribution < -0.4 is 4.74 Å². The zero-order valence-electron chi connectivity index (χ0n) is 11.8. The summed E-state index contributed by atoms with van der Waals surface area (Å²) in [5.74, 6) is 1.02. The summed E-state index contributed by atoms with van der Waals surface area (Å²) in [7, 11) is 1.65. The van der Waals surface area contributed by atoms with Crippen molar-refractivity contribution < 1.29 is 14.3 Å². The number of carbonyl (C=O) groups excluding carboxylic acids is 1. The first-order valence-electron chi connectivity index (χ1n) is 6.70. The number of hydrogen-bond acceptors (Lipinski definition) is 3. The summed E-state index contributed by atoms with van der Waals surface area (Å²) in [4.78, 5) is 13.8. The van der Waals surface area contributed by atoms with Crippen molar-refractivity contribution in [1.82, 2.24) is 4.90 Å². The van der Waals surface area contributed by atoms with Crippen molar-refractivity contribution in [2.45, 2.75) is 32.4 Å². The molecule has 0 aromatic heterocycles. The Labute approximate surface area is 114 Å². The van der Waals surface area contributed by atoms with Gasteiger partial charge in [-0.15, -0.1) is 0 Å². The molecule has 0 bridgehead atoms. The minimum atomic E-state index is -0.0439. The van der Waals surface area contributed by atoms with Gasteiger partial charge in [-0.05, 0) is 24.6 Å². The lowest BCUT2D eigenvalue weighted by molar-refractivity contribution is -0.144.